The fourth-order valence-electron chi connectivity index (χ4n) is 3.32. The Morgan fingerprint density at radius 3 is 2.89 bits per heavy atom. The van der Waals surface area contributed by atoms with Crippen LogP contribution in [-0.4, -0.2) is 11.0 Å². The van der Waals surface area contributed by atoms with Crippen LogP contribution in [0.2, 0.25) is 0 Å². The Bertz CT molecular complexity index is 478. The second-order valence-electron chi connectivity index (χ2n) is 5.89. The lowest BCUT2D eigenvalue weighted by molar-refractivity contribution is -0.115. The molecule has 0 radical (unpaired) electrons. The van der Waals surface area contributed by atoms with E-state index in [-0.39, 0.29) is 12.0 Å². The van der Waals surface area contributed by atoms with Gasteiger partial charge < -0.3 is 10.4 Å². The zero-order valence-electron chi connectivity index (χ0n) is 11.2. The average molecular weight is 259 g/mol. The Morgan fingerprint density at radius 1 is 1.32 bits per heavy atom. The Kier molecular flexibility index (Phi) is 3.56. The third kappa shape index (κ3) is 2.81. The van der Waals surface area contributed by atoms with Crippen LogP contribution in [0.1, 0.15) is 55.8 Å². The van der Waals surface area contributed by atoms with Crippen LogP contribution in [0.25, 0.3) is 0 Å². The van der Waals surface area contributed by atoms with Gasteiger partial charge in [-0.05, 0) is 36.0 Å². The summed E-state index contributed by atoms with van der Waals surface area (Å²) in [5, 5.41) is 13.1. The quantitative estimate of drug-likeness (QED) is 0.872. The maximum atomic E-state index is 11.3. The molecule has 1 heterocycles. The lowest BCUT2D eigenvalue weighted by Crippen LogP contribution is -2.03. The Morgan fingerprint density at radius 2 is 2.11 bits per heavy atom. The molecule has 0 bridgehead atoms. The fraction of sp³-hybridized carbons (Fsp3) is 0.562. The van der Waals surface area contributed by atoms with E-state index in [1.54, 1.807) is 0 Å². The molecule has 1 aromatic rings. The number of aliphatic hydroxyl groups is 1. The van der Waals surface area contributed by atoms with E-state index in [2.05, 4.69) is 5.32 Å². The molecule has 0 saturated heterocycles. The molecule has 1 fully saturated rings. The Labute approximate surface area is 114 Å². The predicted molar refractivity (Wildman–Crippen MR) is 74.9 cm³/mol. The summed E-state index contributed by atoms with van der Waals surface area (Å²) in [4.78, 5) is 11.3. The smallest absolute Gasteiger partial charge is 0.228 e. The van der Waals surface area contributed by atoms with Crippen molar-refractivity contribution in [1.82, 2.24) is 0 Å². The van der Waals surface area contributed by atoms with Crippen molar-refractivity contribution in [3.63, 3.8) is 0 Å². The number of anilines is 1. The van der Waals surface area contributed by atoms with Crippen LogP contribution < -0.4 is 5.32 Å². The van der Waals surface area contributed by atoms with E-state index in [0.29, 0.717) is 6.42 Å². The summed E-state index contributed by atoms with van der Waals surface area (Å²) in [7, 11) is 0. The summed E-state index contributed by atoms with van der Waals surface area (Å²) in [5.74, 6) is 0.861. The highest BCUT2D eigenvalue weighted by atomic mass is 16.3. The molecule has 1 amide bonds. The van der Waals surface area contributed by atoms with Gasteiger partial charge in [0.1, 0.15) is 0 Å². The standard InChI is InChI=1S/C16H21NO2/c18-15(8-5-11-3-1-2-4-11)12-6-7-14-13(9-12)10-16(19)17-14/h6-7,9,11,15,18H,1-5,8,10H2,(H,17,19). The molecule has 1 saturated carbocycles. The van der Waals surface area contributed by atoms with E-state index in [9.17, 15) is 9.90 Å². The van der Waals surface area contributed by atoms with Crippen molar-refractivity contribution < 1.29 is 9.90 Å². The van der Waals surface area contributed by atoms with E-state index in [0.717, 1.165) is 35.6 Å². The highest BCUT2D eigenvalue weighted by Crippen LogP contribution is 2.33. The number of nitrogens with one attached hydrogen (secondary N) is 1. The molecule has 19 heavy (non-hydrogen) atoms. The normalized spacial score (nSPS) is 20.4. The number of rotatable bonds is 4. The first-order valence-corrected chi connectivity index (χ1v) is 7.33. The molecular formula is C16H21NO2. The minimum atomic E-state index is -0.387. The summed E-state index contributed by atoms with van der Waals surface area (Å²) in [6, 6.07) is 5.82. The largest absolute Gasteiger partial charge is 0.388 e. The number of hydrogen-bond acceptors (Lipinski definition) is 2. The lowest BCUT2D eigenvalue weighted by Gasteiger charge is -2.15. The first-order valence-electron chi connectivity index (χ1n) is 7.33. The average Bonchev–Trinajstić information content (AvgIpc) is 3.02. The molecule has 1 aliphatic carbocycles. The van der Waals surface area contributed by atoms with Crippen LogP contribution in [0.15, 0.2) is 18.2 Å². The maximum absolute atomic E-state index is 11.3. The number of benzene rings is 1. The van der Waals surface area contributed by atoms with Gasteiger partial charge in [-0.15, -0.1) is 0 Å². The number of carbonyl (C=O) groups is 1. The molecule has 1 aromatic carbocycles. The van der Waals surface area contributed by atoms with Crippen molar-refractivity contribution in [3.05, 3.63) is 29.3 Å². The van der Waals surface area contributed by atoms with Crippen molar-refractivity contribution in [1.29, 1.82) is 0 Å². The van der Waals surface area contributed by atoms with Gasteiger partial charge in [0, 0.05) is 5.69 Å². The lowest BCUT2D eigenvalue weighted by atomic mass is 9.95. The van der Waals surface area contributed by atoms with Gasteiger partial charge in [0.2, 0.25) is 5.91 Å². The van der Waals surface area contributed by atoms with Crippen molar-refractivity contribution in [2.45, 2.75) is 51.0 Å². The molecule has 3 rings (SSSR count). The summed E-state index contributed by atoms with van der Waals surface area (Å²) < 4.78 is 0. The molecule has 102 valence electrons. The van der Waals surface area contributed by atoms with Gasteiger partial charge >= 0.3 is 0 Å². The second kappa shape index (κ2) is 5.33. The minimum absolute atomic E-state index is 0.0487. The van der Waals surface area contributed by atoms with E-state index < -0.39 is 0 Å². The first kappa shape index (κ1) is 12.7. The number of carbonyl (C=O) groups excluding carboxylic acids is 1. The van der Waals surface area contributed by atoms with Gasteiger partial charge in [-0.2, -0.15) is 0 Å². The van der Waals surface area contributed by atoms with E-state index in [4.69, 9.17) is 0 Å². The highest BCUT2D eigenvalue weighted by molar-refractivity contribution is 5.99. The maximum Gasteiger partial charge on any atom is 0.228 e. The fourth-order valence-corrected chi connectivity index (χ4v) is 3.32. The Balaban J connectivity index is 1.62. The molecule has 0 spiro atoms. The van der Waals surface area contributed by atoms with Crippen molar-refractivity contribution in [3.8, 4) is 0 Å². The summed E-state index contributed by atoms with van der Waals surface area (Å²) in [6.07, 6.45) is 7.38. The van der Waals surface area contributed by atoms with Gasteiger partial charge in [-0.1, -0.05) is 37.8 Å². The van der Waals surface area contributed by atoms with Gasteiger partial charge in [0.15, 0.2) is 0 Å². The van der Waals surface area contributed by atoms with E-state index >= 15 is 0 Å². The minimum Gasteiger partial charge on any atom is -0.388 e. The zero-order chi connectivity index (χ0) is 13.2. The third-order valence-electron chi connectivity index (χ3n) is 4.46. The summed E-state index contributed by atoms with van der Waals surface area (Å²) in [6.45, 7) is 0. The number of aliphatic hydroxyl groups excluding tert-OH is 1. The molecule has 3 nitrogen and oxygen atoms in total. The highest BCUT2D eigenvalue weighted by Gasteiger charge is 2.20. The third-order valence-corrected chi connectivity index (χ3v) is 4.46. The van der Waals surface area contributed by atoms with Crippen LogP contribution in [0.4, 0.5) is 5.69 Å². The van der Waals surface area contributed by atoms with Gasteiger partial charge in [-0.25, -0.2) is 0 Å². The van der Waals surface area contributed by atoms with Gasteiger partial charge in [0.25, 0.3) is 0 Å². The van der Waals surface area contributed by atoms with Gasteiger partial charge in [-0.3, -0.25) is 4.79 Å². The molecule has 1 atom stereocenters. The van der Waals surface area contributed by atoms with Crippen LogP contribution >= 0.6 is 0 Å². The Hall–Kier alpha value is -1.35. The van der Waals surface area contributed by atoms with Gasteiger partial charge in [0.05, 0.1) is 12.5 Å². The first-order chi connectivity index (χ1) is 9.22. The van der Waals surface area contributed by atoms with Crippen LogP contribution in [0, 0.1) is 5.92 Å². The van der Waals surface area contributed by atoms with Crippen LogP contribution in [0.3, 0.4) is 0 Å². The van der Waals surface area contributed by atoms with Crippen LogP contribution in [-0.2, 0) is 11.2 Å². The molecule has 3 heteroatoms. The van der Waals surface area contributed by atoms with Crippen molar-refractivity contribution in [2.24, 2.45) is 5.92 Å². The van der Waals surface area contributed by atoms with E-state index in [1.807, 2.05) is 18.2 Å². The SMILES string of the molecule is O=C1Cc2cc(C(O)CCC3CCCC3)ccc2N1. The molecular weight excluding hydrogens is 238 g/mol. The van der Waals surface area contributed by atoms with Crippen LogP contribution in [0.5, 0.6) is 0 Å². The van der Waals surface area contributed by atoms with Crippen molar-refractivity contribution >= 4 is 11.6 Å². The van der Waals surface area contributed by atoms with Crippen molar-refractivity contribution in [2.75, 3.05) is 5.32 Å². The second-order valence-corrected chi connectivity index (χ2v) is 5.89. The molecule has 2 N–H and O–H groups in total. The number of fused-ring (bicyclic) bond motifs is 1. The summed E-state index contributed by atoms with van der Waals surface area (Å²) >= 11 is 0. The summed E-state index contributed by atoms with van der Waals surface area (Å²) in [5.41, 5.74) is 2.87. The predicted octanol–water partition coefficient (Wildman–Crippen LogP) is 3.19. The zero-order valence-corrected chi connectivity index (χ0v) is 11.2. The number of amides is 1. The van der Waals surface area contributed by atoms with E-state index in [1.165, 1.54) is 25.7 Å². The molecule has 1 unspecified atom stereocenters. The molecule has 0 aromatic heterocycles. The monoisotopic (exact) mass is 259 g/mol. The molecule has 2 aliphatic rings. The molecule has 1 aliphatic heterocycles. The number of hydrogen-bond donors (Lipinski definition) is 2. The topological polar surface area (TPSA) is 49.3 Å².